The molecule has 3 rings (SSSR count). The molecular weight excluding hydrogens is 272 g/mol. The minimum atomic E-state index is 0.0583. The van der Waals surface area contributed by atoms with Crippen molar-refractivity contribution in [1.82, 2.24) is 0 Å². The van der Waals surface area contributed by atoms with Crippen molar-refractivity contribution < 1.29 is 14.6 Å². The maximum Gasteiger partial charge on any atom is 0.120 e. The van der Waals surface area contributed by atoms with E-state index < -0.39 is 0 Å². The number of hydrogen-bond acceptors (Lipinski definition) is 4. The molecule has 0 aromatic heterocycles. The summed E-state index contributed by atoms with van der Waals surface area (Å²) in [5.74, 6) is 3.27. The highest BCUT2D eigenvalue weighted by Gasteiger charge is 2.39. The molecule has 0 saturated carbocycles. The van der Waals surface area contributed by atoms with Crippen molar-refractivity contribution in [3.63, 3.8) is 0 Å². The van der Waals surface area contributed by atoms with Gasteiger partial charge in [0, 0.05) is 12.8 Å². The van der Waals surface area contributed by atoms with Crippen LogP contribution in [0.1, 0.15) is 31.2 Å². The van der Waals surface area contributed by atoms with Gasteiger partial charge >= 0.3 is 0 Å². The summed E-state index contributed by atoms with van der Waals surface area (Å²) in [4.78, 5) is 0. The molecule has 1 aromatic rings. The summed E-state index contributed by atoms with van der Waals surface area (Å²) in [6.07, 6.45) is 4.48. The smallest absolute Gasteiger partial charge is 0.120 e. The Bertz CT molecular complexity index is 438. The molecule has 20 heavy (non-hydrogen) atoms. The van der Waals surface area contributed by atoms with Crippen LogP contribution in [0.15, 0.2) is 24.3 Å². The van der Waals surface area contributed by atoms with Gasteiger partial charge in [-0.25, -0.2) is 0 Å². The fourth-order valence-electron chi connectivity index (χ4n) is 3.08. The van der Waals surface area contributed by atoms with Crippen molar-refractivity contribution in [1.29, 1.82) is 0 Å². The molecule has 110 valence electrons. The van der Waals surface area contributed by atoms with Crippen LogP contribution >= 0.6 is 11.8 Å². The Hall–Kier alpha value is -0.710. The van der Waals surface area contributed by atoms with E-state index in [0.29, 0.717) is 0 Å². The van der Waals surface area contributed by atoms with Gasteiger partial charge < -0.3 is 14.6 Å². The second kappa shape index (κ2) is 6.37. The van der Waals surface area contributed by atoms with Gasteiger partial charge in [-0.05, 0) is 42.0 Å². The van der Waals surface area contributed by atoms with Gasteiger partial charge in [0.2, 0.25) is 0 Å². The van der Waals surface area contributed by atoms with Crippen LogP contribution in [0, 0.1) is 0 Å². The van der Waals surface area contributed by atoms with Crippen LogP contribution in [0.3, 0.4) is 0 Å². The lowest BCUT2D eigenvalue weighted by Crippen LogP contribution is -2.46. The van der Waals surface area contributed by atoms with Crippen LogP contribution in [0.4, 0.5) is 0 Å². The second-order valence-corrected chi connectivity index (χ2v) is 6.91. The third kappa shape index (κ3) is 3.30. The van der Waals surface area contributed by atoms with Crippen molar-refractivity contribution in [3.8, 4) is 5.75 Å². The molecule has 1 atom stereocenters. The van der Waals surface area contributed by atoms with Gasteiger partial charge in [-0.3, -0.25) is 0 Å². The standard InChI is InChI=1S/C16H22O3S/c17-12-13-2-1-3-14(10-13)19-15-4-7-18-16(11-15)5-8-20-9-6-16/h1-3,10,15,17H,4-9,11-12H2. The Morgan fingerprint density at radius 3 is 3.00 bits per heavy atom. The molecule has 4 heteroatoms. The molecule has 0 aliphatic carbocycles. The van der Waals surface area contributed by atoms with Gasteiger partial charge in [0.25, 0.3) is 0 Å². The van der Waals surface area contributed by atoms with Crippen LogP contribution in [0.5, 0.6) is 5.75 Å². The van der Waals surface area contributed by atoms with E-state index in [1.54, 1.807) is 0 Å². The number of aliphatic hydroxyl groups is 1. The summed E-state index contributed by atoms with van der Waals surface area (Å²) in [5.41, 5.74) is 0.960. The summed E-state index contributed by atoms with van der Waals surface area (Å²) in [6, 6.07) is 7.75. The Labute approximate surface area is 124 Å². The van der Waals surface area contributed by atoms with Crippen LogP contribution in [-0.4, -0.2) is 34.9 Å². The molecule has 1 N–H and O–H groups in total. The number of benzene rings is 1. The molecule has 2 aliphatic rings. The normalized spacial score (nSPS) is 25.6. The minimum absolute atomic E-state index is 0.0583. The molecule has 3 nitrogen and oxygen atoms in total. The summed E-state index contributed by atoms with van der Waals surface area (Å²) >= 11 is 2.02. The molecule has 0 bridgehead atoms. The summed E-state index contributed by atoms with van der Waals surface area (Å²) in [7, 11) is 0. The molecule has 1 spiro atoms. The molecule has 0 amide bonds. The number of ether oxygens (including phenoxy) is 2. The van der Waals surface area contributed by atoms with Gasteiger partial charge in [0.15, 0.2) is 0 Å². The average Bonchev–Trinajstić information content (AvgIpc) is 2.48. The first kappa shape index (κ1) is 14.2. The Morgan fingerprint density at radius 1 is 1.35 bits per heavy atom. The highest BCUT2D eigenvalue weighted by molar-refractivity contribution is 7.99. The first-order chi connectivity index (χ1) is 9.80. The quantitative estimate of drug-likeness (QED) is 0.930. The maximum atomic E-state index is 9.19. The first-order valence-corrected chi connectivity index (χ1v) is 8.53. The largest absolute Gasteiger partial charge is 0.490 e. The minimum Gasteiger partial charge on any atom is -0.490 e. The van der Waals surface area contributed by atoms with Crippen LogP contribution < -0.4 is 4.74 Å². The zero-order valence-electron chi connectivity index (χ0n) is 11.7. The maximum absolute atomic E-state index is 9.19. The molecule has 2 heterocycles. The summed E-state index contributed by atoms with van der Waals surface area (Å²) in [6.45, 7) is 0.862. The number of rotatable bonds is 3. The summed E-state index contributed by atoms with van der Waals surface area (Å²) < 4.78 is 12.2. The highest BCUT2D eigenvalue weighted by Crippen LogP contribution is 2.38. The number of thioether (sulfide) groups is 1. The van der Waals surface area contributed by atoms with E-state index in [2.05, 4.69) is 0 Å². The van der Waals surface area contributed by atoms with E-state index in [4.69, 9.17) is 9.47 Å². The highest BCUT2D eigenvalue weighted by atomic mass is 32.2. The van der Waals surface area contributed by atoms with E-state index in [9.17, 15) is 5.11 Å². The third-order valence-electron chi connectivity index (χ3n) is 4.24. The topological polar surface area (TPSA) is 38.7 Å². The number of aliphatic hydroxyl groups excluding tert-OH is 1. The lowest BCUT2D eigenvalue weighted by atomic mass is 9.86. The molecule has 2 aliphatic heterocycles. The second-order valence-electron chi connectivity index (χ2n) is 5.68. The Morgan fingerprint density at radius 2 is 2.20 bits per heavy atom. The van der Waals surface area contributed by atoms with E-state index in [1.807, 2.05) is 36.0 Å². The molecular formula is C16H22O3S. The van der Waals surface area contributed by atoms with Crippen molar-refractivity contribution in [2.75, 3.05) is 18.1 Å². The lowest BCUT2D eigenvalue weighted by Gasteiger charge is -2.43. The predicted molar refractivity (Wildman–Crippen MR) is 81.3 cm³/mol. The van der Waals surface area contributed by atoms with Crippen LogP contribution in [0.25, 0.3) is 0 Å². The molecule has 1 aromatic carbocycles. The fourth-order valence-corrected chi connectivity index (χ4v) is 4.32. The zero-order chi connectivity index (χ0) is 13.8. The molecule has 0 radical (unpaired) electrons. The number of hydrogen-bond donors (Lipinski definition) is 1. The Kier molecular flexibility index (Phi) is 4.54. The predicted octanol–water partition coefficient (Wildman–Crippen LogP) is 3.00. The average molecular weight is 294 g/mol. The first-order valence-electron chi connectivity index (χ1n) is 7.38. The summed E-state index contributed by atoms with van der Waals surface area (Å²) in [5, 5.41) is 9.19. The van der Waals surface area contributed by atoms with Gasteiger partial charge in [-0.1, -0.05) is 12.1 Å². The van der Waals surface area contributed by atoms with Gasteiger partial charge in [0.1, 0.15) is 11.9 Å². The van der Waals surface area contributed by atoms with Crippen molar-refractivity contribution in [3.05, 3.63) is 29.8 Å². The van der Waals surface area contributed by atoms with Gasteiger partial charge in [-0.2, -0.15) is 11.8 Å². The van der Waals surface area contributed by atoms with Crippen molar-refractivity contribution >= 4 is 11.8 Å². The lowest BCUT2D eigenvalue weighted by molar-refractivity contribution is -0.116. The van der Waals surface area contributed by atoms with E-state index in [1.165, 1.54) is 11.5 Å². The van der Waals surface area contributed by atoms with Gasteiger partial charge in [-0.15, -0.1) is 0 Å². The molecule has 1 unspecified atom stereocenters. The van der Waals surface area contributed by atoms with E-state index >= 15 is 0 Å². The molecule has 2 fully saturated rings. The SMILES string of the molecule is OCc1cccc(OC2CCOC3(CCSCC3)C2)c1. The van der Waals surface area contributed by atoms with Crippen molar-refractivity contribution in [2.45, 2.75) is 44.0 Å². The van der Waals surface area contributed by atoms with Crippen molar-refractivity contribution in [2.24, 2.45) is 0 Å². The van der Waals surface area contributed by atoms with E-state index in [0.717, 1.165) is 43.6 Å². The van der Waals surface area contributed by atoms with Gasteiger partial charge in [0.05, 0.1) is 18.8 Å². The molecule has 2 saturated heterocycles. The monoisotopic (exact) mass is 294 g/mol. The van der Waals surface area contributed by atoms with E-state index in [-0.39, 0.29) is 18.3 Å². The zero-order valence-corrected chi connectivity index (χ0v) is 12.5. The Balaban J connectivity index is 1.64. The van der Waals surface area contributed by atoms with Crippen LogP contribution in [0.2, 0.25) is 0 Å². The fraction of sp³-hybridized carbons (Fsp3) is 0.625. The third-order valence-corrected chi connectivity index (χ3v) is 5.22. The van der Waals surface area contributed by atoms with Crippen LogP contribution in [-0.2, 0) is 11.3 Å².